The molecule has 1 aromatic rings. The fourth-order valence-corrected chi connectivity index (χ4v) is 3.95. The third-order valence-corrected chi connectivity index (χ3v) is 5.74. The maximum absolute atomic E-state index is 13.2. The van der Waals surface area contributed by atoms with E-state index < -0.39 is 27.0 Å². The van der Waals surface area contributed by atoms with Crippen LogP contribution in [0.4, 0.5) is 13.2 Å². The molecule has 1 fully saturated rings. The van der Waals surface area contributed by atoms with Crippen molar-refractivity contribution in [3.8, 4) is 5.75 Å². The molecule has 0 aromatic heterocycles. The van der Waals surface area contributed by atoms with Gasteiger partial charge in [0.05, 0.1) is 18.1 Å². The third-order valence-electron chi connectivity index (χ3n) is 4.65. The first-order valence-electron chi connectivity index (χ1n) is 7.57. The largest absolute Gasteiger partial charge is 0.493 e. The van der Waals surface area contributed by atoms with Gasteiger partial charge in [0.1, 0.15) is 5.75 Å². The molecule has 1 aromatic carbocycles. The number of ether oxygens (including phenoxy) is 2. The first-order valence-corrected chi connectivity index (χ1v) is 9.46. The van der Waals surface area contributed by atoms with Gasteiger partial charge in [0, 0.05) is 18.2 Å². The Morgan fingerprint density at radius 1 is 1.25 bits per heavy atom. The highest BCUT2D eigenvalue weighted by molar-refractivity contribution is 7.90. The monoisotopic (exact) mass is 364 g/mol. The van der Waals surface area contributed by atoms with Gasteiger partial charge < -0.3 is 9.47 Å². The van der Waals surface area contributed by atoms with Crippen LogP contribution >= 0.6 is 0 Å². The summed E-state index contributed by atoms with van der Waals surface area (Å²) in [5, 5.41) is 0. The number of sulfone groups is 1. The number of alkyl halides is 3. The van der Waals surface area contributed by atoms with Crippen LogP contribution in [-0.2, 0) is 26.4 Å². The lowest BCUT2D eigenvalue weighted by atomic mass is 9.76. The Morgan fingerprint density at radius 3 is 2.38 bits per heavy atom. The minimum Gasteiger partial charge on any atom is -0.493 e. The summed E-state index contributed by atoms with van der Waals surface area (Å²) >= 11 is 0. The third kappa shape index (κ3) is 2.90. The Labute approximate surface area is 138 Å². The maximum Gasteiger partial charge on any atom is 0.419 e. The Balaban J connectivity index is 2.06. The first kappa shape index (κ1) is 17.5. The second kappa shape index (κ2) is 5.11. The second-order valence-corrected chi connectivity index (χ2v) is 9.19. The van der Waals surface area contributed by atoms with E-state index in [0.29, 0.717) is 24.3 Å². The van der Waals surface area contributed by atoms with Gasteiger partial charge in [0.25, 0.3) is 0 Å². The summed E-state index contributed by atoms with van der Waals surface area (Å²) < 4.78 is 73.9. The number of hydrogen-bond acceptors (Lipinski definition) is 4. The van der Waals surface area contributed by atoms with Crippen molar-refractivity contribution in [2.75, 3.05) is 19.5 Å². The van der Waals surface area contributed by atoms with E-state index in [9.17, 15) is 21.6 Å². The van der Waals surface area contributed by atoms with Gasteiger partial charge in [-0.3, -0.25) is 0 Å². The van der Waals surface area contributed by atoms with Gasteiger partial charge in [0.2, 0.25) is 0 Å². The maximum atomic E-state index is 13.2. The lowest BCUT2D eigenvalue weighted by Crippen LogP contribution is -2.39. The molecule has 0 amide bonds. The van der Waals surface area contributed by atoms with Crippen LogP contribution in [0, 0.1) is 0 Å². The molecule has 4 nitrogen and oxygen atoms in total. The number of fused-ring (bicyclic) bond motifs is 1. The Hall–Kier alpha value is -1.28. The van der Waals surface area contributed by atoms with E-state index in [0.717, 1.165) is 11.8 Å². The highest BCUT2D eigenvalue weighted by atomic mass is 32.2. The predicted octanol–water partition coefficient (Wildman–Crippen LogP) is 3.02. The Kier molecular flexibility index (Phi) is 3.73. The molecular weight excluding hydrogens is 345 g/mol. The van der Waals surface area contributed by atoms with Crippen LogP contribution in [0.2, 0.25) is 0 Å². The molecular formula is C16H19F3O4S. The molecule has 8 heteroatoms. The standard InChI is InChI=1S/C16H19F3O4S/c1-14(2,8-15(9-23-15)16(17,18)19)12-7-11(24(3,20)21)6-10-4-5-22-13(10)12/h6-7H,4-5,8-9H2,1-3H3/t15-/m1/s1. The van der Waals surface area contributed by atoms with Gasteiger partial charge in [-0.15, -0.1) is 0 Å². The van der Waals surface area contributed by atoms with Crippen LogP contribution in [0.25, 0.3) is 0 Å². The zero-order chi connectivity index (χ0) is 18.0. The van der Waals surface area contributed by atoms with Crippen molar-refractivity contribution in [1.82, 2.24) is 0 Å². The normalized spacial score (nSPS) is 23.8. The van der Waals surface area contributed by atoms with Crippen molar-refractivity contribution < 1.29 is 31.1 Å². The van der Waals surface area contributed by atoms with Crippen LogP contribution in [0.15, 0.2) is 17.0 Å². The number of benzene rings is 1. The molecule has 2 heterocycles. The van der Waals surface area contributed by atoms with Crippen LogP contribution < -0.4 is 4.74 Å². The van der Waals surface area contributed by atoms with Gasteiger partial charge in [0.15, 0.2) is 15.4 Å². The fourth-order valence-electron chi connectivity index (χ4n) is 3.26. The molecule has 3 rings (SSSR count). The summed E-state index contributed by atoms with van der Waals surface area (Å²) in [7, 11) is -3.47. The predicted molar refractivity (Wildman–Crippen MR) is 81.1 cm³/mol. The van der Waals surface area contributed by atoms with Crippen LogP contribution in [0.3, 0.4) is 0 Å². The van der Waals surface area contributed by atoms with E-state index in [1.165, 1.54) is 6.07 Å². The van der Waals surface area contributed by atoms with E-state index >= 15 is 0 Å². The lowest BCUT2D eigenvalue weighted by molar-refractivity contribution is -0.188. The van der Waals surface area contributed by atoms with Gasteiger partial charge in [-0.25, -0.2) is 8.42 Å². The van der Waals surface area contributed by atoms with Crippen molar-refractivity contribution in [3.63, 3.8) is 0 Å². The van der Waals surface area contributed by atoms with Crippen LogP contribution in [0.5, 0.6) is 5.75 Å². The smallest absolute Gasteiger partial charge is 0.419 e. The van der Waals surface area contributed by atoms with Crippen molar-refractivity contribution in [3.05, 3.63) is 23.3 Å². The average Bonchev–Trinajstić information content (AvgIpc) is 3.04. The SMILES string of the molecule is CC(C)(C[C@]1(C(F)(F)F)CO1)c1cc(S(C)(=O)=O)cc2c1OCC2. The van der Waals surface area contributed by atoms with E-state index in [2.05, 4.69) is 0 Å². The molecule has 1 saturated heterocycles. The molecule has 0 spiro atoms. The summed E-state index contributed by atoms with van der Waals surface area (Å²) in [6, 6.07) is 2.98. The van der Waals surface area contributed by atoms with Crippen LogP contribution in [-0.4, -0.2) is 39.7 Å². The first-order chi connectivity index (χ1) is 10.9. The highest BCUT2D eigenvalue weighted by Gasteiger charge is 2.67. The highest BCUT2D eigenvalue weighted by Crippen LogP contribution is 2.52. The zero-order valence-electron chi connectivity index (χ0n) is 13.7. The van der Waals surface area contributed by atoms with Crippen molar-refractivity contribution in [1.29, 1.82) is 0 Å². The van der Waals surface area contributed by atoms with E-state index in [-0.39, 0.29) is 17.9 Å². The molecule has 0 radical (unpaired) electrons. The Bertz CT molecular complexity index is 777. The minimum absolute atomic E-state index is 0.104. The summed E-state index contributed by atoms with van der Waals surface area (Å²) in [6.45, 7) is 3.35. The quantitative estimate of drug-likeness (QED) is 0.771. The molecule has 0 unspecified atom stereocenters. The molecule has 134 valence electrons. The van der Waals surface area contributed by atoms with Crippen molar-refractivity contribution in [2.45, 2.75) is 48.8 Å². The molecule has 0 N–H and O–H groups in total. The molecule has 24 heavy (non-hydrogen) atoms. The van der Waals surface area contributed by atoms with Crippen molar-refractivity contribution in [2.24, 2.45) is 0 Å². The molecule has 0 bridgehead atoms. The van der Waals surface area contributed by atoms with Crippen LogP contribution in [0.1, 0.15) is 31.4 Å². The number of rotatable bonds is 4. The van der Waals surface area contributed by atoms with Crippen molar-refractivity contribution >= 4 is 9.84 Å². The molecule has 2 aliphatic heterocycles. The van der Waals surface area contributed by atoms with Gasteiger partial charge in [-0.2, -0.15) is 13.2 Å². The second-order valence-electron chi connectivity index (χ2n) is 7.17. The lowest BCUT2D eigenvalue weighted by Gasteiger charge is -2.31. The molecule has 0 saturated carbocycles. The topological polar surface area (TPSA) is 55.9 Å². The number of halogens is 3. The van der Waals surface area contributed by atoms with Gasteiger partial charge in [-0.05, 0) is 29.5 Å². The summed E-state index contributed by atoms with van der Waals surface area (Å²) in [4.78, 5) is 0.104. The molecule has 0 aliphatic carbocycles. The van der Waals surface area contributed by atoms with E-state index in [4.69, 9.17) is 9.47 Å². The fraction of sp³-hybridized carbons (Fsp3) is 0.625. The molecule has 2 aliphatic rings. The molecule has 1 atom stereocenters. The van der Waals surface area contributed by atoms with E-state index in [1.54, 1.807) is 19.9 Å². The number of epoxide rings is 1. The average molecular weight is 364 g/mol. The summed E-state index contributed by atoms with van der Waals surface area (Å²) in [5.74, 6) is 0.505. The summed E-state index contributed by atoms with van der Waals surface area (Å²) in [6.07, 6.45) is -3.11. The Morgan fingerprint density at radius 2 is 1.88 bits per heavy atom. The zero-order valence-corrected chi connectivity index (χ0v) is 14.5. The van der Waals surface area contributed by atoms with Gasteiger partial charge >= 0.3 is 6.18 Å². The minimum atomic E-state index is -4.46. The number of hydrogen-bond donors (Lipinski definition) is 0. The van der Waals surface area contributed by atoms with Gasteiger partial charge in [-0.1, -0.05) is 13.8 Å². The van der Waals surface area contributed by atoms with E-state index in [1.807, 2.05) is 0 Å². The summed E-state index contributed by atoms with van der Waals surface area (Å²) in [5.41, 5.74) is -1.90.